The van der Waals surface area contributed by atoms with E-state index >= 15 is 0 Å². The predicted octanol–water partition coefficient (Wildman–Crippen LogP) is 0.787. The van der Waals surface area contributed by atoms with E-state index in [1.54, 1.807) is 0 Å². The van der Waals surface area contributed by atoms with Crippen LogP contribution in [0.15, 0.2) is 23.1 Å². The zero-order valence-electron chi connectivity index (χ0n) is 10.8. The second-order valence-corrected chi connectivity index (χ2v) is 6.40. The molecular formula is C12H15FN2O4S. The van der Waals surface area contributed by atoms with Crippen molar-refractivity contribution < 1.29 is 22.7 Å². The van der Waals surface area contributed by atoms with Crippen LogP contribution >= 0.6 is 0 Å². The molecule has 8 heteroatoms. The maximum atomic E-state index is 14.1. The topological polar surface area (TPSA) is 86.7 Å². The number of anilines is 1. The van der Waals surface area contributed by atoms with Gasteiger partial charge in [-0.1, -0.05) is 0 Å². The molecule has 1 aliphatic rings. The zero-order valence-corrected chi connectivity index (χ0v) is 11.7. The number of carboxylic acids is 1. The van der Waals surface area contributed by atoms with Crippen LogP contribution in [0.25, 0.3) is 0 Å². The molecule has 1 saturated heterocycles. The molecule has 0 saturated carbocycles. The van der Waals surface area contributed by atoms with Gasteiger partial charge < -0.3 is 10.0 Å². The molecule has 1 aliphatic heterocycles. The Morgan fingerprint density at radius 2 is 2.20 bits per heavy atom. The van der Waals surface area contributed by atoms with Crippen LogP contribution in [0.1, 0.15) is 12.8 Å². The Morgan fingerprint density at radius 1 is 1.50 bits per heavy atom. The number of carbonyl (C=O) groups is 1. The molecule has 6 nitrogen and oxygen atoms in total. The lowest BCUT2D eigenvalue weighted by molar-refractivity contribution is -0.138. The molecule has 1 atom stereocenters. The van der Waals surface area contributed by atoms with E-state index in [9.17, 15) is 17.6 Å². The molecule has 0 amide bonds. The number of aliphatic carboxylic acids is 1. The standard InChI is InChI=1S/C12H15FN2O4S/c1-14-20(18,19)8-4-5-10(9(13)7-8)15-6-2-3-11(15)12(16)17/h4-5,7,11,14H,2-3,6H2,1H3,(H,16,17)/t11-/m0/s1. The minimum atomic E-state index is -3.72. The van der Waals surface area contributed by atoms with E-state index in [-0.39, 0.29) is 10.6 Å². The summed E-state index contributed by atoms with van der Waals surface area (Å²) in [5.74, 6) is -1.75. The van der Waals surface area contributed by atoms with Gasteiger partial charge in [0.25, 0.3) is 0 Å². The molecule has 0 aliphatic carbocycles. The van der Waals surface area contributed by atoms with Gasteiger partial charge >= 0.3 is 5.97 Å². The summed E-state index contributed by atoms with van der Waals surface area (Å²) in [6, 6.07) is 2.71. The van der Waals surface area contributed by atoms with Crippen LogP contribution in [-0.2, 0) is 14.8 Å². The molecule has 1 aromatic rings. The third kappa shape index (κ3) is 2.61. The molecule has 1 aromatic carbocycles. The Kier molecular flexibility index (Phi) is 3.96. The number of sulfonamides is 1. The normalized spacial score (nSPS) is 19.3. The van der Waals surface area contributed by atoms with E-state index in [2.05, 4.69) is 4.72 Å². The Hall–Kier alpha value is -1.67. The second-order valence-electron chi connectivity index (χ2n) is 4.51. The first-order chi connectivity index (χ1) is 9.36. The first kappa shape index (κ1) is 14.7. The van der Waals surface area contributed by atoms with Gasteiger partial charge in [-0.15, -0.1) is 0 Å². The van der Waals surface area contributed by atoms with Crippen molar-refractivity contribution in [3.8, 4) is 0 Å². The van der Waals surface area contributed by atoms with E-state index < -0.39 is 27.9 Å². The average Bonchev–Trinajstić information content (AvgIpc) is 2.87. The summed E-state index contributed by atoms with van der Waals surface area (Å²) in [5, 5.41) is 9.09. The highest BCUT2D eigenvalue weighted by atomic mass is 32.2. The Morgan fingerprint density at radius 3 is 2.75 bits per heavy atom. The molecular weight excluding hydrogens is 287 g/mol. The van der Waals surface area contributed by atoms with Gasteiger partial charge in [0.2, 0.25) is 10.0 Å². The summed E-state index contributed by atoms with van der Waals surface area (Å²) >= 11 is 0. The number of nitrogens with one attached hydrogen (secondary N) is 1. The van der Waals surface area contributed by atoms with E-state index in [1.807, 2.05) is 0 Å². The third-order valence-electron chi connectivity index (χ3n) is 3.35. The van der Waals surface area contributed by atoms with Gasteiger partial charge in [0.1, 0.15) is 11.9 Å². The lowest BCUT2D eigenvalue weighted by atomic mass is 10.2. The summed E-state index contributed by atoms with van der Waals surface area (Å²) < 4.78 is 39.3. The van der Waals surface area contributed by atoms with Crippen molar-refractivity contribution in [1.82, 2.24) is 4.72 Å². The van der Waals surface area contributed by atoms with Gasteiger partial charge in [0.05, 0.1) is 10.6 Å². The van der Waals surface area contributed by atoms with Crippen LogP contribution in [0.4, 0.5) is 10.1 Å². The lowest BCUT2D eigenvalue weighted by Gasteiger charge is -2.24. The van der Waals surface area contributed by atoms with Crippen LogP contribution < -0.4 is 9.62 Å². The highest BCUT2D eigenvalue weighted by molar-refractivity contribution is 7.89. The molecule has 2 N–H and O–H groups in total. The van der Waals surface area contributed by atoms with Crippen molar-refractivity contribution in [3.05, 3.63) is 24.0 Å². The number of hydrogen-bond acceptors (Lipinski definition) is 4. The van der Waals surface area contributed by atoms with Crippen LogP contribution in [-0.4, -0.2) is 39.1 Å². The zero-order chi connectivity index (χ0) is 14.9. The lowest BCUT2D eigenvalue weighted by Crippen LogP contribution is -2.36. The minimum absolute atomic E-state index is 0.116. The summed E-state index contributed by atoms with van der Waals surface area (Å²) in [4.78, 5) is 12.4. The fourth-order valence-corrected chi connectivity index (χ4v) is 3.06. The number of halogens is 1. The van der Waals surface area contributed by atoms with Crippen molar-refractivity contribution in [1.29, 1.82) is 0 Å². The first-order valence-electron chi connectivity index (χ1n) is 6.09. The number of nitrogens with zero attached hydrogens (tertiary/aromatic N) is 1. The van der Waals surface area contributed by atoms with E-state index in [4.69, 9.17) is 5.11 Å². The predicted molar refractivity (Wildman–Crippen MR) is 70.6 cm³/mol. The molecule has 110 valence electrons. The molecule has 1 heterocycles. The van der Waals surface area contributed by atoms with E-state index in [1.165, 1.54) is 24.1 Å². The second kappa shape index (κ2) is 5.37. The SMILES string of the molecule is CNS(=O)(=O)c1ccc(N2CCC[C@H]2C(=O)O)c(F)c1. The maximum Gasteiger partial charge on any atom is 0.326 e. The largest absolute Gasteiger partial charge is 0.480 e. The summed E-state index contributed by atoms with van der Waals surface area (Å²) in [5.41, 5.74) is 0.116. The minimum Gasteiger partial charge on any atom is -0.480 e. The quantitative estimate of drug-likeness (QED) is 0.858. The van der Waals surface area contributed by atoms with Crippen LogP contribution in [0.5, 0.6) is 0 Å². The highest BCUT2D eigenvalue weighted by Crippen LogP contribution is 2.29. The monoisotopic (exact) mass is 302 g/mol. The van der Waals surface area contributed by atoms with Crippen molar-refractivity contribution in [2.45, 2.75) is 23.8 Å². The smallest absolute Gasteiger partial charge is 0.326 e. The number of rotatable bonds is 4. The Balaban J connectivity index is 2.38. The van der Waals surface area contributed by atoms with Gasteiger partial charge in [-0.2, -0.15) is 0 Å². The molecule has 0 aromatic heterocycles. The molecule has 0 radical (unpaired) electrons. The third-order valence-corrected chi connectivity index (χ3v) is 4.76. The van der Waals surface area contributed by atoms with Gasteiger partial charge in [-0.3, -0.25) is 0 Å². The maximum absolute atomic E-state index is 14.1. The fraction of sp³-hybridized carbons (Fsp3) is 0.417. The molecule has 20 heavy (non-hydrogen) atoms. The van der Waals surface area contributed by atoms with Crippen molar-refractivity contribution in [2.75, 3.05) is 18.5 Å². The van der Waals surface area contributed by atoms with Crippen LogP contribution in [0.3, 0.4) is 0 Å². The van der Waals surface area contributed by atoms with Gasteiger partial charge in [-0.25, -0.2) is 22.3 Å². The molecule has 0 spiro atoms. The fourth-order valence-electron chi connectivity index (χ4n) is 2.32. The number of hydrogen-bond donors (Lipinski definition) is 2. The molecule has 0 unspecified atom stereocenters. The highest BCUT2D eigenvalue weighted by Gasteiger charge is 2.32. The average molecular weight is 302 g/mol. The van der Waals surface area contributed by atoms with Gasteiger partial charge in [0.15, 0.2) is 0 Å². The van der Waals surface area contributed by atoms with Crippen LogP contribution in [0, 0.1) is 5.82 Å². The van der Waals surface area contributed by atoms with Crippen molar-refractivity contribution in [3.63, 3.8) is 0 Å². The van der Waals surface area contributed by atoms with E-state index in [0.29, 0.717) is 19.4 Å². The van der Waals surface area contributed by atoms with Gasteiger partial charge in [0, 0.05) is 6.54 Å². The Labute approximate surface area is 116 Å². The number of benzene rings is 1. The molecule has 0 bridgehead atoms. The molecule has 2 rings (SSSR count). The number of carboxylic acid groups (broad SMARTS) is 1. The summed E-state index contributed by atoms with van der Waals surface area (Å²) in [6.45, 7) is 0.437. The van der Waals surface area contributed by atoms with Gasteiger partial charge in [-0.05, 0) is 38.1 Å². The van der Waals surface area contributed by atoms with E-state index in [0.717, 1.165) is 6.07 Å². The first-order valence-corrected chi connectivity index (χ1v) is 7.57. The van der Waals surface area contributed by atoms with Crippen molar-refractivity contribution in [2.24, 2.45) is 0 Å². The summed E-state index contributed by atoms with van der Waals surface area (Å²) in [7, 11) is -2.48. The summed E-state index contributed by atoms with van der Waals surface area (Å²) in [6.07, 6.45) is 1.11. The Bertz CT molecular complexity index is 632. The molecule has 1 fully saturated rings. The van der Waals surface area contributed by atoms with Crippen molar-refractivity contribution >= 4 is 21.7 Å². The van der Waals surface area contributed by atoms with Crippen LogP contribution in [0.2, 0.25) is 0 Å².